The van der Waals surface area contributed by atoms with Crippen molar-refractivity contribution in [3.63, 3.8) is 0 Å². The minimum Gasteiger partial charge on any atom is -0.476 e. The van der Waals surface area contributed by atoms with E-state index in [1.165, 1.54) is 16.7 Å². The maximum absolute atomic E-state index is 10.6. The highest BCUT2D eigenvalue weighted by Crippen LogP contribution is 2.24. The average molecular weight is 230 g/mol. The predicted octanol–water partition coefficient (Wildman–Crippen LogP) is -0.617. The summed E-state index contributed by atoms with van der Waals surface area (Å²) in [7, 11) is 0. The lowest BCUT2D eigenvalue weighted by molar-refractivity contribution is 0.0572. The van der Waals surface area contributed by atoms with Crippen LogP contribution >= 0.6 is 11.3 Å². The van der Waals surface area contributed by atoms with Crippen molar-refractivity contribution in [1.29, 1.82) is 0 Å². The zero-order chi connectivity index (χ0) is 11.0. The number of nitrogens with zero attached hydrogens (tertiary/aromatic N) is 2. The van der Waals surface area contributed by atoms with E-state index >= 15 is 0 Å². The van der Waals surface area contributed by atoms with Crippen LogP contribution < -0.4 is 4.90 Å². The number of aromatic nitrogens is 1. The lowest BCUT2D eigenvalue weighted by atomic mass is 10.3. The third-order valence-corrected chi connectivity index (χ3v) is 3.14. The first-order valence-electron chi connectivity index (χ1n) is 4.38. The van der Waals surface area contributed by atoms with Crippen LogP contribution in [0.3, 0.4) is 0 Å². The molecule has 0 amide bonds. The number of aromatic carboxylic acids is 1. The van der Waals surface area contributed by atoms with Gasteiger partial charge in [-0.25, -0.2) is 9.78 Å². The van der Waals surface area contributed by atoms with Crippen molar-refractivity contribution in [3.8, 4) is 0 Å². The second-order valence-electron chi connectivity index (χ2n) is 3.36. The van der Waals surface area contributed by atoms with E-state index in [2.05, 4.69) is 4.98 Å². The van der Waals surface area contributed by atoms with E-state index < -0.39 is 18.2 Å². The van der Waals surface area contributed by atoms with Gasteiger partial charge in [0.15, 0.2) is 10.8 Å². The Bertz CT molecular complexity index is 370. The third-order valence-electron chi connectivity index (χ3n) is 2.24. The molecule has 15 heavy (non-hydrogen) atoms. The standard InChI is InChI=1S/C8H10N2O4S/c11-5-1-10(2-6(5)12)8-9-4(3-15-8)7(13)14/h3,5-6,11-12H,1-2H2,(H,13,14)/t5-,6+. The van der Waals surface area contributed by atoms with Crippen molar-refractivity contribution >= 4 is 22.4 Å². The van der Waals surface area contributed by atoms with Crippen molar-refractivity contribution in [2.45, 2.75) is 12.2 Å². The molecule has 0 bridgehead atoms. The molecule has 2 heterocycles. The Balaban J connectivity index is 2.14. The minimum absolute atomic E-state index is 0.00844. The first-order valence-corrected chi connectivity index (χ1v) is 5.26. The number of β-amino-alcohol motifs (C(OH)–C–C–N with tert-alkyl or cyclic N) is 2. The van der Waals surface area contributed by atoms with E-state index in [9.17, 15) is 15.0 Å². The van der Waals surface area contributed by atoms with E-state index in [0.717, 1.165) is 0 Å². The van der Waals surface area contributed by atoms with Crippen LogP contribution in [0.4, 0.5) is 5.13 Å². The number of hydrogen-bond acceptors (Lipinski definition) is 6. The number of carboxylic acid groups (broad SMARTS) is 1. The molecule has 0 spiro atoms. The highest BCUT2D eigenvalue weighted by Gasteiger charge is 2.31. The maximum atomic E-state index is 10.6. The molecule has 0 unspecified atom stereocenters. The molecule has 82 valence electrons. The van der Waals surface area contributed by atoms with Crippen molar-refractivity contribution in [2.75, 3.05) is 18.0 Å². The Hall–Kier alpha value is -1.18. The fourth-order valence-corrected chi connectivity index (χ4v) is 2.25. The van der Waals surface area contributed by atoms with Crippen LogP contribution in [0.1, 0.15) is 10.5 Å². The van der Waals surface area contributed by atoms with Gasteiger partial charge in [0.2, 0.25) is 0 Å². The second kappa shape index (κ2) is 3.76. The van der Waals surface area contributed by atoms with Gasteiger partial charge in [0.05, 0.1) is 12.2 Å². The quantitative estimate of drug-likeness (QED) is 0.627. The predicted molar refractivity (Wildman–Crippen MR) is 53.3 cm³/mol. The molecule has 1 aliphatic heterocycles. The topological polar surface area (TPSA) is 93.9 Å². The molecule has 1 aliphatic rings. The third kappa shape index (κ3) is 1.94. The number of carboxylic acids is 1. The highest BCUT2D eigenvalue weighted by atomic mass is 32.1. The molecule has 1 fully saturated rings. The summed E-state index contributed by atoms with van der Waals surface area (Å²) in [6.07, 6.45) is -1.58. The monoisotopic (exact) mass is 230 g/mol. The molecular formula is C8H10N2O4S. The molecule has 0 saturated carbocycles. The fourth-order valence-electron chi connectivity index (χ4n) is 1.43. The summed E-state index contributed by atoms with van der Waals surface area (Å²) in [6, 6.07) is 0. The zero-order valence-corrected chi connectivity index (χ0v) is 8.52. The summed E-state index contributed by atoms with van der Waals surface area (Å²) in [4.78, 5) is 16.1. The van der Waals surface area contributed by atoms with Crippen molar-refractivity contribution < 1.29 is 20.1 Å². The minimum atomic E-state index is -1.07. The molecule has 1 saturated heterocycles. The van der Waals surface area contributed by atoms with Gasteiger partial charge in [0, 0.05) is 18.5 Å². The van der Waals surface area contributed by atoms with Gasteiger partial charge in [-0.05, 0) is 0 Å². The van der Waals surface area contributed by atoms with Gasteiger partial charge < -0.3 is 20.2 Å². The Morgan fingerprint density at radius 3 is 2.53 bits per heavy atom. The van der Waals surface area contributed by atoms with E-state index in [1.54, 1.807) is 4.90 Å². The average Bonchev–Trinajstić information content (AvgIpc) is 2.74. The van der Waals surface area contributed by atoms with Gasteiger partial charge in [0.1, 0.15) is 0 Å². The Morgan fingerprint density at radius 2 is 2.07 bits per heavy atom. The van der Waals surface area contributed by atoms with E-state index in [1.807, 2.05) is 0 Å². The van der Waals surface area contributed by atoms with Crippen molar-refractivity contribution in [2.24, 2.45) is 0 Å². The van der Waals surface area contributed by atoms with Crippen LogP contribution in [-0.4, -0.2) is 51.6 Å². The van der Waals surface area contributed by atoms with Gasteiger partial charge in [0.25, 0.3) is 0 Å². The van der Waals surface area contributed by atoms with Crippen LogP contribution in [0.5, 0.6) is 0 Å². The molecule has 0 aliphatic carbocycles. The number of thiazole rings is 1. The summed E-state index contributed by atoms with van der Waals surface area (Å²) < 4.78 is 0. The number of carbonyl (C=O) groups is 1. The summed E-state index contributed by atoms with van der Waals surface area (Å²) in [5, 5.41) is 29.3. The molecule has 1 aromatic rings. The molecule has 6 nitrogen and oxygen atoms in total. The lowest BCUT2D eigenvalue weighted by Crippen LogP contribution is -2.22. The molecule has 2 atom stereocenters. The molecule has 3 N–H and O–H groups in total. The van der Waals surface area contributed by atoms with Gasteiger partial charge in [-0.1, -0.05) is 0 Å². The van der Waals surface area contributed by atoms with Crippen LogP contribution in [0.25, 0.3) is 0 Å². The zero-order valence-electron chi connectivity index (χ0n) is 7.70. The number of hydrogen-bond donors (Lipinski definition) is 3. The van der Waals surface area contributed by atoms with Crippen LogP contribution in [0.15, 0.2) is 5.38 Å². The van der Waals surface area contributed by atoms with Crippen molar-refractivity contribution in [3.05, 3.63) is 11.1 Å². The molecule has 1 aromatic heterocycles. The molecule has 7 heteroatoms. The number of aliphatic hydroxyl groups is 2. The van der Waals surface area contributed by atoms with Crippen LogP contribution in [0, 0.1) is 0 Å². The normalized spacial score (nSPS) is 25.9. The fraction of sp³-hybridized carbons (Fsp3) is 0.500. The van der Waals surface area contributed by atoms with Gasteiger partial charge in [-0.15, -0.1) is 11.3 Å². The van der Waals surface area contributed by atoms with Crippen molar-refractivity contribution in [1.82, 2.24) is 4.98 Å². The first-order chi connectivity index (χ1) is 7.08. The van der Waals surface area contributed by atoms with E-state index in [-0.39, 0.29) is 18.8 Å². The summed E-state index contributed by atoms with van der Waals surface area (Å²) >= 11 is 1.19. The van der Waals surface area contributed by atoms with E-state index in [0.29, 0.717) is 5.13 Å². The van der Waals surface area contributed by atoms with Gasteiger partial charge in [-0.3, -0.25) is 0 Å². The smallest absolute Gasteiger partial charge is 0.355 e. The molecule has 2 rings (SSSR count). The first kappa shape index (κ1) is 10.3. The Morgan fingerprint density at radius 1 is 1.47 bits per heavy atom. The van der Waals surface area contributed by atoms with Gasteiger partial charge in [-0.2, -0.15) is 0 Å². The van der Waals surface area contributed by atoms with Crippen LogP contribution in [0.2, 0.25) is 0 Å². The maximum Gasteiger partial charge on any atom is 0.355 e. The van der Waals surface area contributed by atoms with E-state index in [4.69, 9.17) is 5.11 Å². The molecular weight excluding hydrogens is 220 g/mol. The van der Waals surface area contributed by atoms with Gasteiger partial charge >= 0.3 is 5.97 Å². The second-order valence-corrected chi connectivity index (χ2v) is 4.20. The summed E-state index contributed by atoms with van der Waals surface area (Å²) in [6.45, 7) is 0.571. The Labute approximate surface area is 89.4 Å². The Kier molecular flexibility index (Phi) is 2.59. The SMILES string of the molecule is O=C(O)c1csc(N2C[C@@H](O)[C@@H](O)C2)n1. The van der Waals surface area contributed by atoms with Crippen LogP contribution in [-0.2, 0) is 0 Å². The molecule has 0 radical (unpaired) electrons. The largest absolute Gasteiger partial charge is 0.476 e. The number of rotatable bonds is 2. The number of anilines is 1. The lowest BCUT2D eigenvalue weighted by Gasteiger charge is -2.12. The summed E-state index contributed by atoms with van der Waals surface area (Å²) in [5.74, 6) is -1.07. The summed E-state index contributed by atoms with van der Waals surface area (Å²) in [5.41, 5.74) is -0.00844. The highest BCUT2D eigenvalue weighted by molar-refractivity contribution is 7.13. The molecule has 0 aromatic carbocycles. The number of aliphatic hydroxyl groups excluding tert-OH is 2.